The molecule has 82 valence electrons. The van der Waals surface area contributed by atoms with Crippen molar-refractivity contribution in [2.75, 3.05) is 0 Å². The standard InChI is InChI=1S/2C4H5BrO2.Cd/c2*1-3(5)2-4(6)7;/h2*2H,1H3,(H,6,7);/b2*3-2-;. The van der Waals surface area contributed by atoms with Gasteiger partial charge in [-0.25, -0.2) is 9.59 Å². The Morgan fingerprint density at radius 2 is 1.13 bits per heavy atom. The number of hydrogen-bond acceptors (Lipinski definition) is 2. The van der Waals surface area contributed by atoms with E-state index in [2.05, 4.69) is 31.9 Å². The van der Waals surface area contributed by atoms with Crippen LogP contribution in [-0.2, 0) is 36.9 Å². The fourth-order valence-electron chi connectivity index (χ4n) is 0.340. The van der Waals surface area contributed by atoms with Crippen molar-refractivity contribution in [3.05, 3.63) is 21.1 Å². The van der Waals surface area contributed by atoms with Crippen LogP contribution in [0.5, 0.6) is 0 Å². The van der Waals surface area contributed by atoms with E-state index in [1.165, 1.54) is 0 Å². The molecular formula is C8H10Br2CdO4. The van der Waals surface area contributed by atoms with Crippen molar-refractivity contribution in [1.29, 1.82) is 0 Å². The van der Waals surface area contributed by atoms with Crippen molar-refractivity contribution in [2.45, 2.75) is 13.8 Å². The van der Waals surface area contributed by atoms with Crippen LogP contribution in [0.2, 0.25) is 0 Å². The first-order valence-electron chi connectivity index (χ1n) is 3.39. The van der Waals surface area contributed by atoms with Gasteiger partial charge < -0.3 is 10.2 Å². The van der Waals surface area contributed by atoms with Crippen LogP contribution in [0, 0.1) is 0 Å². The van der Waals surface area contributed by atoms with E-state index in [1.54, 1.807) is 13.8 Å². The maximum Gasteiger partial charge on any atom is 0.329 e. The van der Waals surface area contributed by atoms with Crippen molar-refractivity contribution >= 4 is 43.8 Å². The summed E-state index contributed by atoms with van der Waals surface area (Å²) < 4.78 is 1.25. The second kappa shape index (κ2) is 12.4. The van der Waals surface area contributed by atoms with E-state index in [4.69, 9.17) is 10.2 Å². The summed E-state index contributed by atoms with van der Waals surface area (Å²) >= 11 is 5.91. The second-order valence-electron chi connectivity index (χ2n) is 2.14. The van der Waals surface area contributed by atoms with E-state index in [0.29, 0.717) is 8.96 Å². The summed E-state index contributed by atoms with van der Waals surface area (Å²) in [6.45, 7) is 3.32. The normalized spacial score (nSPS) is 10.7. The molecule has 0 bridgehead atoms. The molecule has 0 fully saturated rings. The van der Waals surface area contributed by atoms with Gasteiger partial charge in [-0.2, -0.15) is 0 Å². The van der Waals surface area contributed by atoms with Crippen LogP contribution in [0.25, 0.3) is 0 Å². The maximum absolute atomic E-state index is 9.70. The molecule has 0 aliphatic carbocycles. The Kier molecular flexibility index (Phi) is 17.1. The van der Waals surface area contributed by atoms with Gasteiger partial charge in [0.25, 0.3) is 0 Å². The zero-order valence-electron chi connectivity index (χ0n) is 8.33. The Labute approximate surface area is 125 Å². The molecule has 0 saturated heterocycles. The second-order valence-corrected chi connectivity index (χ2v) is 4.64. The first-order valence-corrected chi connectivity index (χ1v) is 4.97. The fraction of sp³-hybridized carbons (Fsp3) is 0.250. The van der Waals surface area contributed by atoms with Crippen LogP contribution in [0.15, 0.2) is 21.1 Å². The molecule has 7 heteroatoms. The quantitative estimate of drug-likeness (QED) is 0.510. The van der Waals surface area contributed by atoms with Crippen LogP contribution in [0.1, 0.15) is 13.8 Å². The molecule has 0 unspecified atom stereocenters. The largest absolute Gasteiger partial charge is 0.478 e. The molecule has 0 aromatic heterocycles. The summed E-state index contributed by atoms with van der Waals surface area (Å²) in [6.07, 6.45) is 2.17. The molecule has 2 N–H and O–H groups in total. The minimum atomic E-state index is -0.922. The van der Waals surface area contributed by atoms with Gasteiger partial charge in [0.05, 0.1) is 0 Å². The number of rotatable bonds is 2. The molecule has 15 heavy (non-hydrogen) atoms. The number of aliphatic carboxylic acids is 2. The molecule has 0 aliphatic rings. The van der Waals surface area contributed by atoms with E-state index in [9.17, 15) is 9.59 Å². The van der Waals surface area contributed by atoms with Gasteiger partial charge in [0.15, 0.2) is 0 Å². The number of halogens is 2. The molecule has 0 spiro atoms. The third-order valence-electron chi connectivity index (χ3n) is 0.645. The van der Waals surface area contributed by atoms with E-state index in [0.717, 1.165) is 12.2 Å². The van der Waals surface area contributed by atoms with Gasteiger partial charge in [-0.3, -0.25) is 0 Å². The Morgan fingerprint density at radius 1 is 0.933 bits per heavy atom. The van der Waals surface area contributed by atoms with E-state index in [-0.39, 0.29) is 27.3 Å². The third-order valence-corrected chi connectivity index (χ3v) is 1.10. The van der Waals surface area contributed by atoms with Crippen molar-refractivity contribution in [1.82, 2.24) is 0 Å². The Bertz CT molecular complexity index is 238. The molecule has 0 rings (SSSR count). The Balaban J connectivity index is -0.000000180. The summed E-state index contributed by atoms with van der Waals surface area (Å²) in [5, 5.41) is 16.0. The minimum Gasteiger partial charge on any atom is -0.478 e. The van der Waals surface area contributed by atoms with Crippen molar-refractivity contribution < 1.29 is 47.1 Å². The van der Waals surface area contributed by atoms with Crippen molar-refractivity contribution in [3.8, 4) is 0 Å². The molecule has 0 heterocycles. The molecule has 0 aromatic carbocycles. The zero-order chi connectivity index (χ0) is 11.7. The number of carboxylic acids is 2. The van der Waals surface area contributed by atoms with E-state index in [1.807, 2.05) is 0 Å². The molecule has 4 nitrogen and oxygen atoms in total. The van der Waals surface area contributed by atoms with Crippen LogP contribution in [0.4, 0.5) is 0 Å². The average molecular weight is 442 g/mol. The van der Waals surface area contributed by atoms with Gasteiger partial charge in [-0.15, -0.1) is 0 Å². The van der Waals surface area contributed by atoms with Gasteiger partial charge in [0.2, 0.25) is 0 Å². The van der Waals surface area contributed by atoms with Gasteiger partial charge >= 0.3 is 11.9 Å². The summed E-state index contributed by atoms with van der Waals surface area (Å²) in [5.74, 6) is -1.84. The first kappa shape index (κ1) is 20.7. The fourth-order valence-corrected chi connectivity index (χ4v) is 0.732. The average Bonchev–Trinajstić information content (AvgIpc) is 1.79. The zero-order valence-corrected chi connectivity index (χ0v) is 15.5. The van der Waals surface area contributed by atoms with E-state index >= 15 is 0 Å². The number of carbonyl (C=O) groups is 2. The third kappa shape index (κ3) is 31.4. The topological polar surface area (TPSA) is 74.6 Å². The summed E-state index contributed by atoms with van der Waals surface area (Å²) in [4.78, 5) is 19.4. The SMILES string of the molecule is C/C(Br)=C/C(=O)O.C/C(Br)=C/C(=O)O.[Cd]. The predicted molar refractivity (Wildman–Crippen MR) is 60.6 cm³/mol. The first-order chi connectivity index (χ1) is 6.25. The molecule has 0 atom stereocenters. The summed E-state index contributed by atoms with van der Waals surface area (Å²) in [7, 11) is 0. The van der Waals surface area contributed by atoms with Gasteiger partial charge in [-0.05, 0) is 22.8 Å². The number of allylic oxidation sites excluding steroid dienone is 2. The summed E-state index contributed by atoms with van der Waals surface area (Å²) in [5.41, 5.74) is 0. The summed E-state index contributed by atoms with van der Waals surface area (Å²) in [6, 6.07) is 0. The Morgan fingerprint density at radius 3 is 1.13 bits per heavy atom. The molecule has 0 aliphatic heterocycles. The van der Waals surface area contributed by atoms with Crippen LogP contribution in [-0.4, -0.2) is 22.2 Å². The molecule has 0 aromatic rings. The van der Waals surface area contributed by atoms with Crippen LogP contribution >= 0.6 is 31.9 Å². The monoisotopic (exact) mass is 442 g/mol. The molecule has 0 radical (unpaired) electrons. The van der Waals surface area contributed by atoms with Crippen molar-refractivity contribution in [3.63, 3.8) is 0 Å². The predicted octanol–water partition coefficient (Wildman–Crippen LogP) is 2.74. The maximum atomic E-state index is 9.70. The molecule has 0 saturated carbocycles. The smallest absolute Gasteiger partial charge is 0.329 e. The van der Waals surface area contributed by atoms with Gasteiger partial charge in [-0.1, -0.05) is 31.9 Å². The van der Waals surface area contributed by atoms with E-state index < -0.39 is 11.9 Å². The van der Waals surface area contributed by atoms with Crippen LogP contribution < -0.4 is 0 Å². The van der Waals surface area contributed by atoms with Crippen LogP contribution in [0.3, 0.4) is 0 Å². The van der Waals surface area contributed by atoms with Crippen molar-refractivity contribution in [2.24, 2.45) is 0 Å². The molecular weight excluding hydrogens is 432 g/mol. The van der Waals surface area contributed by atoms with Gasteiger partial charge in [0.1, 0.15) is 0 Å². The Hall–Kier alpha value is 0.302. The number of hydrogen-bond donors (Lipinski definition) is 2. The minimum absolute atomic E-state index is 0. The molecule has 0 amide bonds. The van der Waals surface area contributed by atoms with Gasteiger partial charge in [0, 0.05) is 39.5 Å². The number of carboxylic acid groups (broad SMARTS) is 2.